The van der Waals surface area contributed by atoms with E-state index < -0.39 is 5.60 Å². The van der Waals surface area contributed by atoms with Gasteiger partial charge in [0.2, 0.25) is 0 Å². The van der Waals surface area contributed by atoms with E-state index in [1.54, 1.807) is 12.1 Å². The minimum Gasteiger partial charge on any atom is -0.390 e. The molecule has 1 aromatic rings. The Hall–Kier alpha value is -0.600. The number of hydrogen-bond acceptors (Lipinski definition) is 1. The van der Waals surface area contributed by atoms with Gasteiger partial charge in [-0.05, 0) is 25.0 Å². The summed E-state index contributed by atoms with van der Waals surface area (Å²) in [5.41, 5.74) is -0.254. The van der Waals surface area contributed by atoms with Crippen molar-refractivity contribution in [3.05, 3.63) is 34.6 Å². The average molecular weight is 201 g/mol. The second kappa shape index (κ2) is 2.96. The molecule has 0 amide bonds. The van der Waals surface area contributed by atoms with Gasteiger partial charge in [-0.25, -0.2) is 4.39 Å². The number of aliphatic hydroxyl groups is 1. The Bertz CT molecular complexity index is 313. The van der Waals surface area contributed by atoms with Crippen molar-refractivity contribution in [1.82, 2.24) is 0 Å². The van der Waals surface area contributed by atoms with Gasteiger partial charge in [0.1, 0.15) is 5.82 Å². The van der Waals surface area contributed by atoms with Gasteiger partial charge < -0.3 is 5.11 Å². The predicted octanol–water partition coefficient (Wildman–Crippen LogP) is 2.55. The van der Waals surface area contributed by atoms with Crippen molar-refractivity contribution in [1.29, 1.82) is 0 Å². The third-order valence-corrected chi connectivity index (χ3v) is 2.75. The number of halogens is 2. The monoisotopic (exact) mass is 200 g/mol. The first-order valence-corrected chi connectivity index (χ1v) is 4.64. The molecule has 1 aliphatic carbocycles. The lowest BCUT2D eigenvalue weighted by Gasteiger charge is -2.09. The van der Waals surface area contributed by atoms with Gasteiger partial charge >= 0.3 is 0 Å². The highest BCUT2D eigenvalue weighted by Gasteiger charge is 2.41. The predicted molar refractivity (Wildman–Crippen MR) is 49.3 cm³/mol. The minimum absolute atomic E-state index is 0.326. The highest BCUT2D eigenvalue weighted by Crippen LogP contribution is 2.40. The standard InChI is InChI=1S/C10H10ClFO/c11-8-2-1-3-9(12)7(8)6-10(13)4-5-10/h1-3,13H,4-6H2. The zero-order chi connectivity index (χ0) is 9.47. The molecule has 0 radical (unpaired) electrons. The van der Waals surface area contributed by atoms with Crippen molar-refractivity contribution in [2.24, 2.45) is 0 Å². The van der Waals surface area contributed by atoms with Crippen LogP contribution in [-0.2, 0) is 6.42 Å². The van der Waals surface area contributed by atoms with Crippen LogP contribution < -0.4 is 0 Å². The lowest BCUT2D eigenvalue weighted by atomic mass is 10.1. The van der Waals surface area contributed by atoms with Crippen LogP contribution in [0, 0.1) is 5.82 Å². The number of rotatable bonds is 2. The van der Waals surface area contributed by atoms with Crippen molar-refractivity contribution in [3.8, 4) is 0 Å². The van der Waals surface area contributed by atoms with Gasteiger partial charge in [0.15, 0.2) is 0 Å². The fourth-order valence-electron chi connectivity index (χ4n) is 1.35. The number of hydrogen-bond donors (Lipinski definition) is 1. The van der Waals surface area contributed by atoms with Crippen LogP contribution in [0.15, 0.2) is 18.2 Å². The fraction of sp³-hybridized carbons (Fsp3) is 0.400. The van der Waals surface area contributed by atoms with Crippen LogP contribution in [0.5, 0.6) is 0 Å². The Balaban J connectivity index is 2.28. The molecule has 0 aromatic heterocycles. The van der Waals surface area contributed by atoms with Gasteiger partial charge in [-0.3, -0.25) is 0 Å². The second-order valence-electron chi connectivity index (χ2n) is 3.60. The Kier molecular flexibility index (Phi) is 2.05. The summed E-state index contributed by atoms with van der Waals surface area (Å²) in [7, 11) is 0. The quantitative estimate of drug-likeness (QED) is 0.778. The highest BCUT2D eigenvalue weighted by atomic mass is 35.5. The molecule has 2 rings (SSSR count). The van der Waals surface area contributed by atoms with Crippen molar-refractivity contribution in [3.63, 3.8) is 0 Å². The van der Waals surface area contributed by atoms with E-state index in [9.17, 15) is 9.50 Å². The SMILES string of the molecule is OC1(Cc2c(F)cccc2Cl)CC1. The molecular formula is C10H10ClFO. The molecule has 0 unspecified atom stereocenters. The van der Waals surface area contributed by atoms with Gasteiger partial charge in [0, 0.05) is 17.0 Å². The summed E-state index contributed by atoms with van der Waals surface area (Å²) < 4.78 is 13.2. The Morgan fingerprint density at radius 3 is 2.69 bits per heavy atom. The first-order valence-electron chi connectivity index (χ1n) is 4.26. The molecule has 0 atom stereocenters. The largest absolute Gasteiger partial charge is 0.390 e. The van der Waals surface area contributed by atoms with Gasteiger partial charge in [0.25, 0.3) is 0 Å². The van der Waals surface area contributed by atoms with Crippen LogP contribution in [0.25, 0.3) is 0 Å². The zero-order valence-electron chi connectivity index (χ0n) is 7.06. The topological polar surface area (TPSA) is 20.2 Å². The summed E-state index contributed by atoms with van der Waals surface area (Å²) in [4.78, 5) is 0. The molecule has 0 bridgehead atoms. The Morgan fingerprint density at radius 1 is 1.46 bits per heavy atom. The molecule has 3 heteroatoms. The van der Waals surface area contributed by atoms with Gasteiger partial charge in [-0.1, -0.05) is 17.7 Å². The van der Waals surface area contributed by atoms with Crippen molar-refractivity contribution < 1.29 is 9.50 Å². The summed E-state index contributed by atoms with van der Waals surface area (Å²) in [6.45, 7) is 0. The summed E-state index contributed by atoms with van der Waals surface area (Å²) in [5.74, 6) is -0.326. The Morgan fingerprint density at radius 2 is 2.15 bits per heavy atom. The van der Waals surface area contributed by atoms with Crippen LogP contribution in [-0.4, -0.2) is 10.7 Å². The van der Waals surface area contributed by atoms with Crippen LogP contribution >= 0.6 is 11.6 Å². The van der Waals surface area contributed by atoms with Gasteiger partial charge in [0.05, 0.1) is 5.60 Å². The minimum atomic E-state index is -0.689. The van der Waals surface area contributed by atoms with Crippen LogP contribution in [0.3, 0.4) is 0 Å². The molecule has 1 saturated carbocycles. The summed E-state index contributed by atoms with van der Waals surface area (Å²) >= 11 is 5.81. The number of benzene rings is 1. The van der Waals surface area contributed by atoms with Crippen molar-refractivity contribution in [2.45, 2.75) is 24.9 Å². The van der Waals surface area contributed by atoms with E-state index in [0.29, 0.717) is 17.0 Å². The average Bonchev–Trinajstić information content (AvgIpc) is 2.78. The Labute approximate surface area is 81.1 Å². The van der Waals surface area contributed by atoms with Crippen LogP contribution in [0.2, 0.25) is 5.02 Å². The molecule has 0 aliphatic heterocycles. The van der Waals surface area contributed by atoms with Gasteiger partial charge in [-0.2, -0.15) is 0 Å². The fourth-order valence-corrected chi connectivity index (χ4v) is 1.58. The van der Waals surface area contributed by atoms with E-state index in [1.165, 1.54) is 6.07 Å². The van der Waals surface area contributed by atoms with Crippen molar-refractivity contribution >= 4 is 11.6 Å². The van der Waals surface area contributed by atoms with E-state index >= 15 is 0 Å². The maximum absolute atomic E-state index is 13.2. The first-order chi connectivity index (χ1) is 6.11. The van der Waals surface area contributed by atoms with Crippen molar-refractivity contribution in [2.75, 3.05) is 0 Å². The van der Waals surface area contributed by atoms with E-state index in [-0.39, 0.29) is 5.82 Å². The lowest BCUT2D eigenvalue weighted by Crippen LogP contribution is -2.12. The summed E-state index contributed by atoms with van der Waals surface area (Å²) in [5, 5.41) is 10.0. The van der Waals surface area contributed by atoms with Crippen LogP contribution in [0.4, 0.5) is 4.39 Å². The summed E-state index contributed by atoms with van der Waals surface area (Å²) in [6, 6.07) is 4.58. The molecule has 1 aliphatic rings. The lowest BCUT2D eigenvalue weighted by molar-refractivity contribution is 0.150. The third kappa shape index (κ3) is 1.84. The molecule has 0 heterocycles. The van der Waals surface area contributed by atoms with Gasteiger partial charge in [-0.15, -0.1) is 0 Å². The summed E-state index contributed by atoms with van der Waals surface area (Å²) in [6.07, 6.45) is 1.83. The molecule has 70 valence electrons. The van der Waals surface area contributed by atoms with Crippen LogP contribution in [0.1, 0.15) is 18.4 Å². The molecule has 0 spiro atoms. The maximum Gasteiger partial charge on any atom is 0.127 e. The van der Waals surface area contributed by atoms with E-state index in [1.807, 2.05) is 0 Å². The second-order valence-corrected chi connectivity index (χ2v) is 4.01. The smallest absolute Gasteiger partial charge is 0.127 e. The first kappa shape index (κ1) is 8.97. The third-order valence-electron chi connectivity index (χ3n) is 2.39. The molecule has 1 fully saturated rings. The highest BCUT2D eigenvalue weighted by molar-refractivity contribution is 6.31. The molecule has 1 aromatic carbocycles. The molecule has 1 nitrogen and oxygen atoms in total. The normalized spacial score (nSPS) is 18.7. The van der Waals surface area contributed by atoms with E-state index in [0.717, 1.165) is 12.8 Å². The molecule has 0 saturated heterocycles. The molecule has 1 N–H and O–H groups in total. The maximum atomic E-state index is 13.2. The zero-order valence-corrected chi connectivity index (χ0v) is 7.81. The van der Waals surface area contributed by atoms with E-state index in [4.69, 9.17) is 11.6 Å². The molecule has 13 heavy (non-hydrogen) atoms. The molecular weight excluding hydrogens is 191 g/mol. The van der Waals surface area contributed by atoms with E-state index in [2.05, 4.69) is 0 Å².